The van der Waals surface area contributed by atoms with E-state index in [1.165, 1.54) is 0 Å². The summed E-state index contributed by atoms with van der Waals surface area (Å²) in [5.74, 6) is 0.806. The summed E-state index contributed by atoms with van der Waals surface area (Å²) < 4.78 is 10.8. The van der Waals surface area contributed by atoms with E-state index in [0.29, 0.717) is 32.5 Å². The molecule has 154 valence electrons. The molecule has 1 fully saturated rings. The maximum atomic E-state index is 13.5. The van der Waals surface area contributed by atoms with Gasteiger partial charge in [-0.25, -0.2) is 0 Å². The molecule has 0 atom stereocenters. The topological polar surface area (TPSA) is 60.5 Å². The summed E-state index contributed by atoms with van der Waals surface area (Å²) in [6.07, 6.45) is 5.65. The zero-order valence-electron chi connectivity index (χ0n) is 17.1. The Hall–Kier alpha value is -3.18. The van der Waals surface area contributed by atoms with Crippen molar-refractivity contribution in [3.63, 3.8) is 0 Å². The van der Waals surface area contributed by atoms with Crippen LogP contribution in [0.1, 0.15) is 18.4 Å². The van der Waals surface area contributed by atoms with Gasteiger partial charge in [0.1, 0.15) is 5.75 Å². The average Bonchev–Trinajstić information content (AvgIpc) is 2.81. The number of hydrogen-bond donors (Lipinski definition) is 1. The van der Waals surface area contributed by atoms with Gasteiger partial charge < -0.3 is 14.8 Å². The van der Waals surface area contributed by atoms with Gasteiger partial charge in [0.15, 0.2) is 0 Å². The molecule has 0 aliphatic carbocycles. The highest BCUT2D eigenvalue weighted by atomic mass is 16.5. The van der Waals surface area contributed by atoms with E-state index in [0.717, 1.165) is 28.1 Å². The second-order valence-electron chi connectivity index (χ2n) is 7.65. The van der Waals surface area contributed by atoms with Crippen molar-refractivity contribution in [3.8, 4) is 16.9 Å². The third kappa shape index (κ3) is 4.36. The third-order valence-electron chi connectivity index (χ3n) is 5.82. The van der Waals surface area contributed by atoms with Crippen LogP contribution in [-0.4, -0.2) is 31.2 Å². The number of anilines is 1. The fourth-order valence-corrected chi connectivity index (χ4v) is 4.04. The molecule has 0 saturated carbocycles. The molecule has 0 unspecified atom stereocenters. The number of ether oxygens (including phenoxy) is 2. The van der Waals surface area contributed by atoms with E-state index in [-0.39, 0.29) is 5.91 Å². The van der Waals surface area contributed by atoms with Gasteiger partial charge >= 0.3 is 0 Å². The van der Waals surface area contributed by atoms with Crippen molar-refractivity contribution in [2.75, 3.05) is 25.6 Å². The van der Waals surface area contributed by atoms with Gasteiger partial charge in [0.25, 0.3) is 0 Å². The zero-order chi connectivity index (χ0) is 20.8. The maximum absolute atomic E-state index is 13.5. The molecule has 1 aliphatic rings. The van der Waals surface area contributed by atoms with Crippen LogP contribution >= 0.6 is 0 Å². The Morgan fingerprint density at radius 1 is 1.03 bits per heavy atom. The summed E-state index contributed by atoms with van der Waals surface area (Å²) in [5, 5.41) is 3.12. The predicted molar refractivity (Wildman–Crippen MR) is 117 cm³/mol. The number of hydrogen-bond acceptors (Lipinski definition) is 4. The van der Waals surface area contributed by atoms with Crippen LogP contribution in [-0.2, 0) is 16.0 Å². The van der Waals surface area contributed by atoms with E-state index >= 15 is 0 Å². The second kappa shape index (κ2) is 9.09. The number of amides is 1. The van der Waals surface area contributed by atoms with E-state index in [1.807, 2.05) is 48.5 Å². The largest absolute Gasteiger partial charge is 0.497 e. The summed E-state index contributed by atoms with van der Waals surface area (Å²) >= 11 is 0. The van der Waals surface area contributed by atoms with Crippen LogP contribution in [0.25, 0.3) is 11.1 Å². The zero-order valence-corrected chi connectivity index (χ0v) is 17.1. The summed E-state index contributed by atoms with van der Waals surface area (Å²) in [6.45, 7) is 1.18. The number of rotatable bonds is 6. The number of methoxy groups -OCH3 is 1. The molecule has 0 radical (unpaired) electrons. The van der Waals surface area contributed by atoms with Gasteiger partial charge in [-0.15, -0.1) is 0 Å². The van der Waals surface area contributed by atoms with Crippen LogP contribution in [0.15, 0.2) is 73.1 Å². The lowest BCUT2D eigenvalue weighted by molar-refractivity contribution is -0.131. The minimum atomic E-state index is -0.513. The summed E-state index contributed by atoms with van der Waals surface area (Å²) in [4.78, 5) is 17.6. The molecule has 0 bridgehead atoms. The molecule has 30 heavy (non-hydrogen) atoms. The van der Waals surface area contributed by atoms with Crippen molar-refractivity contribution in [1.82, 2.24) is 4.98 Å². The Bertz CT molecular complexity index is 981. The highest BCUT2D eigenvalue weighted by molar-refractivity contribution is 5.95. The van der Waals surface area contributed by atoms with E-state index < -0.39 is 5.41 Å². The van der Waals surface area contributed by atoms with Gasteiger partial charge in [-0.05, 0) is 72.4 Å². The number of nitrogens with one attached hydrogen (secondary N) is 1. The molecule has 5 nitrogen and oxygen atoms in total. The summed E-state index contributed by atoms with van der Waals surface area (Å²) in [7, 11) is 1.63. The van der Waals surface area contributed by atoms with Crippen molar-refractivity contribution >= 4 is 11.6 Å². The number of carbonyl (C=O) groups excluding carboxylic acids is 1. The van der Waals surface area contributed by atoms with Gasteiger partial charge in [0.05, 0.1) is 12.5 Å². The van der Waals surface area contributed by atoms with Crippen molar-refractivity contribution in [2.45, 2.75) is 19.3 Å². The minimum absolute atomic E-state index is 0.0421. The quantitative estimate of drug-likeness (QED) is 0.647. The number of benzene rings is 2. The van der Waals surface area contributed by atoms with Crippen molar-refractivity contribution in [2.24, 2.45) is 5.41 Å². The molecule has 2 aromatic carbocycles. The van der Waals surface area contributed by atoms with Crippen molar-refractivity contribution < 1.29 is 14.3 Å². The first kappa shape index (κ1) is 20.1. The molecule has 5 heteroatoms. The van der Waals surface area contributed by atoms with Crippen LogP contribution < -0.4 is 10.1 Å². The fourth-order valence-electron chi connectivity index (χ4n) is 4.04. The number of nitrogens with zero attached hydrogens (tertiary/aromatic N) is 1. The lowest BCUT2D eigenvalue weighted by Gasteiger charge is -2.36. The molecule has 1 amide bonds. The van der Waals surface area contributed by atoms with E-state index in [2.05, 4.69) is 22.4 Å². The normalized spacial score (nSPS) is 15.4. The first-order chi connectivity index (χ1) is 14.7. The number of aromatic nitrogens is 1. The Morgan fingerprint density at radius 3 is 2.43 bits per heavy atom. The first-order valence-corrected chi connectivity index (χ1v) is 10.2. The highest BCUT2D eigenvalue weighted by Gasteiger charge is 2.40. The molecule has 2 heterocycles. The molecule has 4 rings (SSSR count). The number of pyridine rings is 1. The lowest BCUT2D eigenvalue weighted by atomic mass is 9.73. The van der Waals surface area contributed by atoms with E-state index in [4.69, 9.17) is 9.47 Å². The molecule has 0 spiro atoms. The van der Waals surface area contributed by atoms with Gasteiger partial charge in [-0.3, -0.25) is 9.78 Å². The van der Waals surface area contributed by atoms with Gasteiger partial charge in [-0.2, -0.15) is 0 Å². The Morgan fingerprint density at radius 2 is 1.73 bits per heavy atom. The standard InChI is InChI=1S/C25H26N2O3/c1-29-22-8-6-21(7-9-22)27-24(28)25(12-16-30-17-13-25)18-20-4-2-3-5-23(20)19-10-14-26-15-11-19/h2-11,14-15H,12-13,16-18H2,1H3,(H,27,28). The monoisotopic (exact) mass is 402 g/mol. The Kier molecular flexibility index (Phi) is 6.10. The SMILES string of the molecule is COc1ccc(NC(=O)C2(Cc3ccccc3-c3ccncc3)CCOCC2)cc1. The number of carbonyl (C=O) groups is 1. The smallest absolute Gasteiger partial charge is 0.231 e. The molecule has 1 saturated heterocycles. The van der Waals surface area contributed by atoms with Gasteiger partial charge in [0, 0.05) is 31.3 Å². The minimum Gasteiger partial charge on any atom is -0.497 e. The first-order valence-electron chi connectivity index (χ1n) is 10.2. The Labute approximate surface area is 177 Å². The molecule has 3 aromatic rings. The third-order valence-corrected chi connectivity index (χ3v) is 5.82. The highest BCUT2D eigenvalue weighted by Crippen LogP contribution is 2.38. The van der Waals surface area contributed by atoms with E-state index in [9.17, 15) is 4.79 Å². The molecular formula is C25H26N2O3. The van der Waals surface area contributed by atoms with Gasteiger partial charge in [-0.1, -0.05) is 24.3 Å². The van der Waals surface area contributed by atoms with Crippen LogP contribution in [0.5, 0.6) is 5.75 Å². The summed E-state index contributed by atoms with van der Waals surface area (Å²) in [5.41, 5.74) is 3.67. The average molecular weight is 402 g/mol. The molecule has 1 aromatic heterocycles. The lowest BCUT2D eigenvalue weighted by Crippen LogP contribution is -2.42. The fraction of sp³-hybridized carbons (Fsp3) is 0.280. The van der Waals surface area contributed by atoms with Crippen LogP contribution in [0.4, 0.5) is 5.69 Å². The van der Waals surface area contributed by atoms with Crippen molar-refractivity contribution in [1.29, 1.82) is 0 Å². The second-order valence-corrected chi connectivity index (χ2v) is 7.65. The predicted octanol–water partition coefficient (Wildman–Crippen LogP) is 4.74. The summed E-state index contributed by atoms with van der Waals surface area (Å²) in [6, 6.07) is 19.8. The van der Waals surface area contributed by atoms with Crippen molar-refractivity contribution in [3.05, 3.63) is 78.6 Å². The maximum Gasteiger partial charge on any atom is 0.231 e. The molecule has 1 N–H and O–H groups in total. The van der Waals surface area contributed by atoms with Crippen LogP contribution in [0.2, 0.25) is 0 Å². The molecule has 1 aliphatic heterocycles. The van der Waals surface area contributed by atoms with Crippen LogP contribution in [0, 0.1) is 5.41 Å². The Balaban J connectivity index is 1.62. The van der Waals surface area contributed by atoms with Crippen LogP contribution in [0.3, 0.4) is 0 Å². The molecular weight excluding hydrogens is 376 g/mol. The van der Waals surface area contributed by atoms with Gasteiger partial charge in [0.2, 0.25) is 5.91 Å². The van der Waals surface area contributed by atoms with E-state index in [1.54, 1.807) is 19.5 Å².